The maximum Gasteiger partial charge on any atom is -0.00137 e. The molecule has 0 saturated carbocycles. The normalized spacial score (nSPS) is 11.8. The van der Waals surface area contributed by atoms with E-state index in [4.69, 9.17) is 0 Å². The van der Waals surface area contributed by atoms with Crippen LogP contribution in [0.2, 0.25) is 0 Å². The maximum absolute atomic E-state index is 2.42. The van der Waals surface area contributed by atoms with Crippen LogP contribution >= 0.6 is 0 Å². The van der Waals surface area contributed by atoms with Crippen molar-refractivity contribution in [1.29, 1.82) is 0 Å². The predicted molar refractivity (Wildman–Crippen MR) is 174 cm³/mol. The lowest BCUT2D eigenvalue weighted by atomic mass is 9.85. The molecule has 0 aromatic heterocycles. The zero-order valence-corrected chi connectivity index (χ0v) is 22.7. The summed E-state index contributed by atoms with van der Waals surface area (Å²) in [6.07, 6.45) is 0. The highest BCUT2D eigenvalue weighted by Gasteiger charge is 2.17. The Labute approximate surface area is 234 Å². The van der Waals surface area contributed by atoms with Gasteiger partial charge in [-0.1, -0.05) is 121 Å². The molecular weight excluding hydrogens is 480 g/mol. The van der Waals surface area contributed by atoms with Gasteiger partial charge in [-0.15, -0.1) is 0 Å². The summed E-state index contributed by atoms with van der Waals surface area (Å²) in [4.78, 5) is 0. The Kier molecular flexibility index (Phi) is 5.06. The van der Waals surface area contributed by atoms with Crippen LogP contribution in [-0.2, 0) is 0 Å². The van der Waals surface area contributed by atoms with E-state index in [0.717, 1.165) is 0 Å². The molecule has 0 heterocycles. The molecule has 0 N–H and O–H groups in total. The third-order valence-corrected chi connectivity index (χ3v) is 8.75. The first-order chi connectivity index (χ1) is 19.7. The fourth-order valence-electron chi connectivity index (χ4n) is 6.58. The Hall–Kier alpha value is -4.94. The summed E-state index contributed by atoms with van der Waals surface area (Å²) in [6, 6.07) is 49.5. The van der Waals surface area contributed by atoms with Crippen LogP contribution in [-0.4, -0.2) is 0 Å². The van der Waals surface area contributed by atoms with Crippen LogP contribution in [0, 0.1) is 13.8 Å². The summed E-state index contributed by atoms with van der Waals surface area (Å²) >= 11 is 0. The molecular formula is C40H28. The minimum atomic E-state index is 1.24. The minimum absolute atomic E-state index is 1.24. The number of benzene rings is 8. The van der Waals surface area contributed by atoms with Crippen molar-refractivity contribution in [3.8, 4) is 22.3 Å². The number of rotatable bonds is 2. The van der Waals surface area contributed by atoms with E-state index in [-0.39, 0.29) is 0 Å². The van der Waals surface area contributed by atoms with Crippen molar-refractivity contribution in [1.82, 2.24) is 0 Å². The highest BCUT2D eigenvalue weighted by Crippen LogP contribution is 2.45. The van der Waals surface area contributed by atoms with E-state index in [1.807, 2.05) is 0 Å². The fraction of sp³-hybridized carbons (Fsp3) is 0.0500. The van der Waals surface area contributed by atoms with Gasteiger partial charge in [0.2, 0.25) is 0 Å². The first-order valence-corrected chi connectivity index (χ1v) is 14.0. The average Bonchev–Trinajstić information content (AvgIpc) is 3.02. The lowest BCUT2D eigenvalue weighted by Crippen LogP contribution is -1.90. The summed E-state index contributed by atoms with van der Waals surface area (Å²) < 4.78 is 0. The molecule has 0 aliphatic carbocycles. The van der Waals surface area contributed by atoms with Crippen molar-refractivity contribution in [3.05, 3.63) is 145 Å². The van der Waals surface area contributed by atoms with Gasteiger partial charge < -0.3 is 0 Å². The van der Waals surface area contributed by atoms with Gasteiger partial charge in [0.25, 0.3) is 0 Å². The molecule has 8 aromatic carbocycles. The van der Waals surface area contributed by atoms with Crippen LogP contribution in [0.25, 0.3) is 76.1 Å². The van der Waals surface area contributed by atoms with Crippen molar-refractivity contribution in [2.45, 2.75) is 13.8 Å². The lowest BCUT2D eigenvalue weighted by molar-refractivity contribution is 1.34. The van der Waals surface area contributed by atoms with Crippen LogP contribution < -0.4 is 0 Å². The van der Waals surface area contributed by atoms with E-state index >= 15 is 0 Å². The molecule has 0 spiro atoms. The van der Waals surface area contributed by atoms with Crippen molar-refractivity contribution in [2.24, 2.45) is 0 Å². The molecule has 0 heteroatoms. The van der Waals surface area contributed by atoms with E-state index in [0.29, 0.717) is 0 Å². The van der Waals surface area contributed by atoms with Crippen molar-refractivity contribution in [3.63, 3.8) is 0 Å². The van der Waals surface area contributed by atoms with E-state index in [9.17, 15) is 0 Å². The molecule has 0 unspecified atom stereocenters. The Morgan fingerprint density at radius 2 is 0.700 bits per heavy atom. The summed E-state index contributed by atoms with van der Waals surface area (Å²) in [5.74, 6) is 0. The summed E-state index contributed by atoms with van der Waals surface area (Å²) in [7, 11) is 0. The lowest BCUT2D eigenvalue weighted by Gasteiger charge is -2.18. The van der Waals surface area contributed by atoms with Gasteiger partial charge in [0.05, 0.1) is 0 Å². The molecule has 0 bridgehead atoms. The summed E-state index contributed by atoms with van der Waals surface area (Å²) in [5.41, 5.74) is 7.67. The summed E-state index contributed by atoms with van der Waals surface area (Å²) in [6.45, 7) is 4.38. The van der Waals surface area contributed by atoms with Gasteiger partial charge >= 0.3 is 0 Å². The quantitative estimate of drug-likeness (QED) is 0.204. The zero-order chi connectivity index (χ0) is 26.8. The van der Waals surface area contributed by atoms with Crippen molar-refractivity contribution < 1.29 is 0 Å². The molecule has 0 aliphatic heterocycles. The Morgan fingerprint density at radius 1 is 0.275 bits per heavy atom. The van der Waals surface area contributed by atoms with E-state index in [1.54, 1.807) is 0 Å². The molecule has 0 saturated heterocycles. The molecule has 0 fully saturated rings. The number of aryl methyl sites for hydroxylation is 2. The highest BCUT2D eigenvalue weighted by atomic mass is 14.2. The largest absolute Gasteiger partial charge is 0.0622 e. The first kappa shape index (κ1) is 23.0. The second-order valence-corrected chi connectivity index (χ2v) is 11.0. The van der Waals surface area contributed by atoms with Crippen LogP contribution in [0.5, 0.6) is 0 Å². The van der Waals surface area contributed by atoms with E-state index < -0.39 is 0 Å². The molecule has 40 heavy (non-hydrogen) atoms. The first-order valence-electron chi connectivity index (χ1n) is 14.0. The average molecular weight is 509 g/mol. The van der Waals surface area contributed by atoms with Gasteiger partial charge in [0.1, 0.15) is 0 Å². The predicted octanol–water partition coefficient (Wildman–Crippen LogP) is 11.4. The zero-order valence-electron chi connectivity index (χ0n) is 22.7. The van der Waals surface area contributed by atoms with Gasteiger partial charge in [-0.05, 0) is 113 Å². The molecule has 8 rings (SSSR count). The Morgan fingerprint density at radius 3 is 1.25 bits per heavy atom. The van der Waals surface area contributed by atoms with Gasteiger partial charge in [-0.3, -0.25) is 0 Å². The third kappa shape index (κ3) is 3.39. The molecule has 8 aromatic rings. The highest BCUT2D eigenvalue weighted by molar-refractivity contribution is 6.39. The standard InChI is InChI=1S/C40H28/c1-25-16-17-28(22-26(25)2)30-19-21-34-33-20-18-29(27-10-4-3-5-11-27)23-37(33)39-35-14-8-6-12-31(35)32-13-7-9-15-36(32)40(39)38(34)24-30/h3-24H,1-2H3. The smallest absolute Gasteiger partial charge is 0.00137 e. The van der Waals surface area contributed by atoms with Crippen LogP contribution in [0.3, 0.4) is 0 Å². The minimum Gasteiger partial charge on any atom is -0.0622 e. The SMILES string of the molecule is Cc1ccc(-c2ccc3c4ccc(-c5ccccc5)cc4c4c5ccccc5c5ccccc5c4c3c2)cc1C. The summed E-state index contributed by atoms with van der Waals surface area (Å²) in [5, 5.41) is 13.1. The van der Waals surface area contributed by atoms with Crippen LogP contribution in [0.15, 0.2) is 133 Å². The Balaban J connectivity index is 1.60. The van der Waals surface area contributed by atoms with Crippen LogP contribution in [0.4, 0.5) is 0 Å². The second-order valence-electron chi connectivity index (χ2n) is 11.0. The third-order valence-electron chi connectivity index (χ3n) is 8.75. The molecule has 0 atom stereocenters. The van der Waals surface area contributed by atoms with Gasteiger partial charge in [0, 0.05) is 0 Å². The van der Waals surface area contributed by atoms with Gasteiger partial charge in [-0.25, -0.2) is 0 Å². The molecule has 0 radical (unpaired) electrons. The van der Waals surface area contributed by atoms with Crippen LogP contribution in [0.1, 0.15) is 11.1 Å². The Bertz CT molecular complexity index is 2270. The van der Waals surface area contributed by atoms with E-state index in [1.165, 1.54) is 87.2 Å². The molecule has 0 aliphatic rings. The fourth-order valence-corrected chi connectivity index (χ4v) is 6.58. The van der Waals surface area contributed by atoms with Crippen molar-refractivity contribution >= 4 is 53.9 Å². The number of hydrogen-bond donors (Lipinski definition) is 0. The second kappa shape index (κ2) is 8.79. The molecule has 0 nitrogen and oxygen atoms in total. The van der Waals surface area contributed by atoms with Crippen molar-refractivity contribution in [2.75, 3.05) is 0 Å². The maximum atomic E-state index is 2.42. The van der Waals surface area contributed by atoms with Gasteiger partial charge in [-0.2, -0.15) is 0 Å². The van der Waals surface area contributed by atoms with Gasteiger partial charge in [0.15, 0.2) is 0 Å². The monoisotopic (exact) mass is 508 g/mol. The molecule has 188 valence electrons. The number of fused-ring (bicyclic) bond motifs is 11. The topological polar surface area (TPSA) is 0 Å². The van der Waals surface area contributed by atoms with E-state index in [2.05, 4.69) is 147 Å². The molecule has 0 amide bonds. The number of hydrogen-bond acceptors (Lipinski definition) is 0.